The molecule has 0 atom stereocenters. The number of rotatable bonds is 0. The number of thioether (sulfide) groups is 1. The summed E-state index contributed by atoms with van der Waals surface area (Å²) < 4.78 is 0. The summed E-state index contributed by atoms with van der Waals surface area (Å²) in [6, 6.07) is 0. The van der Waals surface area contributed by atoms with Crippen molar-refractivity contribution in [2.45, 2.75) is 0 Å². The third-order valence-corrected chi connectivity index (χ3v) is 1.17. The molecular formula is C5H5S. The van der Waals surface area contributed by atoms with Crippen LogP contribution in [0.3, 0.4) is 0 Å². The van der Waals surface area contributed by atoms with Gasteiger partial charge in [0.15, 0.2) is 0 Å². The summed E-state index contributed by atoms with van der Waals surface area (Å²) >= 11 is 1.70. The van der Waals surface area contributed by atoms with Gasteiger partial charge in [0.2, 0.25) is 0 Å². The standard InChI is InChI=1S/C5H5S/c1-2-4-6-5-3-1/h1-5H. The van der Waals surface area contributed by atoms with E-state index in [-0.39, 0.29) is 0 Å². The fraction of sp³-hybridized carbons (Fsp3) is 0. The second-order valence-corrected chi connectivity index (χ2v) is 1.80. The average molecular weight is 97.2 g/mol. The molecule has 0 bridgehead atoms. The van der Waals surface area contributed by atoms with E-state index in [2.05, 4.69) is 0 Å². The van der Waals surface area contributed by atoms with Gasteiger partial charge in [-0.25, -0.2) is 0 Å². The van der Waals surface area contributed by atoms with Crippen LogP contribution in [0.25, 0.3) is 0 Å². The average Bonchev–Trinajstić information content (AvgIpc) is 1.72. The van der Waals surface area contributed by atoms with Gasteiger partial charge in [-0.3, -0.25) is 0 Å². The summed E-state index contributed by atoms with van der Waals surface area (Å²) in [5.41, 5.74) is 0. The molecule has 0 aliphatic carbocycles. The lowest BCUT2D eigenvalue weighted by atomic mass is 10.5. The summed E-state index contributed by atoms with van der Waals surface area (Å²) in [5, 5.41) is 2.04. The molecule has 1 heteroatoms. The number of allylic oxidation sites excluding steroid dienone is 2. The van der Waals surface area contributed by atoms with Crippen molar-refractivity contribution in [2.75, 3.05) is 0 Å². The Kier molecular flexibility index (Phi) is 1.39. The maximum atomic E-state index is 2.04. The SMILES string of the molecule is [CH]1C=CC=CS1. The lowest BCUT2D eigenvalue weighted by Gasteiger charge is -1.87. The second-order valence-electron chi connectivity index (χ2n) is 0.986. The summed E-state index contributed by atoms with van der Waals surface area (Å²) in [7, 11) is 0. The van der Waals surface area contributed by atoms with Crippen LogP contribution in [0.1, 0.15) is 0 Å². The molecule has 1 rings (SSSR count). The van der Waals surface area contributed by atoms with Gasteiger partial charge in [0, 0.05) is 5.75 Å². The number of hydrogen-bond acceptors (Lipinski definition) is 1. The van der Waals surface area contributed by atoms with Crippen LogP contribution in [-0.2, 0) is 0 Å². The first-order valence-corrected chi connectivity index (χ1v) is 2.75. The first-order valence-electron chi connectivity index (χ1n) is 1.80. The van der Waals surface area contributed by atoms with Crippen LogP contribution >= 0.6 is 11.8 Å². The van der Waals surface area contributed by atoms with Gasteiger partial charge in [-0.1, -0.05) is 18.2 Å². The molecule has 0 spiro atoms. The van der Waals surface area contributed by atoms with Crippen LogP contribution in [0.15, 0.2) is 23.6 Å². The van der Waals surface area contributed by atoms with Gasteiger partial charge in [0.1, 0.15) is 0 Å². The summed E-state index contributed by atoms with van der Waals surface area (Å²) in [6.45, 7) is 0. The van der Waals surface area contributed by atoms with E-state index >= 15 is 0 Å². The fourth-order valence-corrected chi connectivity index (χ4v) is 0.745. The van der Waals surface area contributed by atoms with Crippen molar-refractivity contribution < 1.29 is 0 Å². The monoisotopic (exact) mass is 97.0 g/mol. The van der Waals surface area contributed by atoms with Crippen LogP contribution in [-0.4, -0.2) is 0 Å². The van der Waals surface area contributed by atoms with Gasteiger partial charge in [0.05, 0.1) is 0 Å². The normalized spacial score (nSPS) is 18.7. The highest BCUT2D eigenvalue weighted by Crippen LogP contribution is 2.11. The molecule has 0 aromatic rings. The molecule has 1 aliphatic rings. The molecular weight excluding hydrogens is 92.1 g/mol. The molecule has 0 saturated heterocycles. The minimum atomic E-state index is 1.70. The Bertz CT molecular complexity index is 69.9. The zero-order valence-electron chi connectivity index (χ0n) is 3.29. The molecule has 0 amide bonds. The minimum Gasteiger partial charge on any atom is -0.125 e. The van der Waals surface area contributed by atoms with E-state index in [0.29, 0.717) is 0 Å². The van der Waals surface area contributed by atoms with Crippen molar-refractivity contribution in [3.05, 3.63) is 29.4 Å². The predicted octanol–water partition coefficient (Wildman–Crippen LogP) is 1.96. The second kappa shape index (κ2) is 2.08. The fourth-order valence-electron chi connectivity index (χ4n) is 0.291. The van der Waals surface area contributed by atoms with Gasteiger partial charge in [-0.05, 0) is 5.41 Å². The van der Waals surface area contributed by atoms with E-state index in [0.717, 1.165) is 0 Å². The van der Waals surface area contributed by atoms with Crippen LogP contribution < -0.4 is 0 Å². The lowest BCUT2D eigenvalue weighted by molar-refractivity contribution is 1.91. The first-order chi connectivity index (χ1) is 3.00. The van der Waals surface area contributed by atoms with E-state index < -0.39 is 0 Å². The van der Waals surface area contributed by atoms with Crippen molar-refractivity contribution in [1.82, 2.24) is 0 Å². The molecule has 0 fully saturated rings. The van der Waals surface area contributed by atoms with Crippen LogP contribution in [0.5, 0.6) is 0 Å². The third kappa shape index (κ3) is 0.902. The van der Waals surface area contributed by atoms with Crippen molar-refractivity contribution in [2.24, 2.45) is 0 Å². The largest absolute Gasteiger partial charge is 0.125 e. The van der Waals surface area contributed by atoms with Gasteiger partial charge in [-0.15, -0.1) is 11.8 Å². The molecule has 0 N–H and O–H groups in total. The van der Waals surface area contributed by atoms with Crippen LogP contribution in [0.2, 0.25) is 0 Å². The molecule has 0 saturated carbocycles. The Morgan fingerprint density at radius 1 is 1.00 bits per heavy atom. The van der Waals surface area contributed by atoms with Crippen molar-refractivity contribution in [1.29, 1.82) is 0 Å². The highest BCUT2D eigenvalue weighted by molar-refractivity contribution is 8.04. The Morgan fingerprint density at radius 2 is 2.00 bits per heavy atom. The molecule has 0 aromatic carbocycles. The predicted molar refractivity (Wildman–Crippen MR) is 30.2 cm³/mol. The Labute approximate surface area is 41.9 Å². The van der Waals surface area contributed by atoms with Gasteiger partial charge >= 0.3 is 0 Å². The number of hydrogen-bond donors (Lipinski definition) is 0. The molecule has 1 radical (unpaired) electrons. The Morgan fingerprint density at radius 3 is 2.17 bits per heavy atom. The van der Waals surface area contributed by atoms with Crippen molar-refractivity contribution >= 4 is 11.8 Å². The highest BCUT2D eigenvalue weighted by atomic mass is 32.2. The van der Waals surface area contributed by atoms with E-state index in [1.54, 1.807) is 11.8 Å². The highest BCUT2D eigenvalue weighted by Gasteiger charge is 1.78. The first kappa shape index (κ1) is 4.00. The van der Waals surface area contributed by atoms with Crippen LogP contribution in [0, 0.1) is 5.75 Å². The zero-order chi connectivity index (χ0) is 4.24. The van der Waals surface area contributed by atoms with Gasteiger partial charge in [0.25, 0.3) is 0 Å². The molecule has 1 heterocycles. The van der Waals surface area contributed by atoms with Gasteiger partial charge in [-0.2, -0.15) is 0 Å². The molecule has 0 nitrogen and oxygen atoms in total. The molecule has 31 valence electrons. The van der Waals surface area contributed by atoms with E-state index in [9.17, 15) is 0 Å². The summed E-state index contributed by atoms with van der Waals surface area (Å²) in [6.07, 6.45) is 6.05. The Balaban J connectivity index is 2.46. The minimum absolute atomic E-state index is 1.70. The Hall–Kier alpha value is -0.170. The van der Waals surface area contributed by atoms with Crippen molar-refractivity contribution in [3.8, 4) is 0 Å². The van der Waals surface area contributed by atoms with E-state index in [1.807, 2.05) is 29.4 Å². The molecule has 1 aliphatic heterocycles. The summed E-state index contributed by atoms with van der Waals surface area (Å²) in [4.78, 5) is 0. The van der Waals surface area contributed by atoms with Gasteiger partial charge < -0.3 is 0 Å². The smallest absolute Gasteiger partial charge is 0.0429 e. The molecule has 6 heavy (non-hydrogen) atoms. The summed E-state index contributed by atoms with van der Waals surface area (Å²) in [5.74, 6) is 2.04. The van der Waals surface area contributed by atoms with E-state index in [4.69, 9.17) is 0 Å². The lowest BCUT2D eigenvalue weighted by Crippen LogP contribution is -1.59. The van der Waals surface area contributed by atoms with Crippen LogP contribution in [0.4, 0.5) is 0 Å². The zero-order valence-corrected chi connectivity index (χ0v) is 4.11. The maximum Gasteiger partial charge on any atom is 0.0429 e. The molecule has 0 aromatic heterocycles. The van der Waals surface area contributed by atoms with Crippen molar-refractivity contribution in [3.63, 3.8) is 0 Å². The quantitative estimate of drug-likeness (QED) is 0.445. The maximum absolute atomic E-state index is 2.04. The van der Waals surface area contributed by atoms with E-state index in [1.165, 1.54) is 0 Å². The molecule has 0 unspecified atom stereocenters. The third-order valence-electron chi connectivity index (χ3n) is 0.536. The topological polar surface area (TPSA) is 0 Å².